The Morgan fingerprint density at radius 3 is 2.31 bits per heavy atom. The van der Waals surface area contributed by atoms with Gasteiger partial charge in [0.2, 0.25) is 0 Å². The molecule has 188 valence electrons. The Balaban J connectivity index is 1.64. The predicted octanol–water partition coefficient (Wildman–Crippen LogP) is 5.97. The Labute approximate surface area is 206 Å². The number of hydrogen-bond acceptors (Lipinski definition) is 5. The number of aryl methyl sites for hydroxylation is 1. The van der Waals surface area contributed by atoms with Gasteiger partial charge in [0.15, 0.2) is 11.5 Å². The van der Waals surface area contributed by atoms with Crippen molar-refractivity contribution >= 4 is 26.6 Å². The van der Waals surface area contributed by atoms with Crippen molar-refractivity contribution in [3.8, 4) is 11.5 Å². The molecule has 0 amide bonds. The fourth-order valence-corrected chi connectivity index (χ4v) is 5.35. The van der Waals surface area contributed by atoms with Crippen LogP contribution >= 0.6 is 0 Å². The average molecular weight is 517 g/mol. The van der Waals surface area contributed by atoms with Gasteiger partial charge in [0.1, 0.15) is 0 Å². The van der Waals surface area contributed by atoms with E-state index >= 15 is 0 Å². The molecule has 1 aromatic heterocycles. The molecule has 0 aliphatic rings. The number of methoxy groups -OCH3 is 2. The number of anilines is 1. The average Bonchev–Trinajstić information content (AvgIpc) is 2.84. The summed E-state index contributed by atoms with van der Waals surface area (Å²) in [6.07, 6.45) is -2.60. The summed E-state index contributed by atoms with van der Waals surface area (Å²) in [6.45, 7) is 1.69. The third-order valence-electron chi connectivity index (χ3n) is 5.75. The zero-order valence-electron chi connectivity index (χ0n) is 19.7. The minimum absolute atomic E-state index is 0.196. The lowest BCUT2D eigenvalue weighted by atomic mass is 9.99. The van der Waals surface area contributed by atoms with Gasteiger partial charge >= 0.3 is 6.18 Å². The SMILES string of the molecule is COc1cc2nccc(Cc3ccc(NS(=O)(=O)c4ccccc4C(F)(F)F)c(C)c3)c2cc1OC. The molecule has 0 bridgehead atoms. The Morgan fingerprint density at radius 2 is 1.64 bits per heavy atom. The number of rotatable bonds is 7. The Kier molecular flexibility index (Phi) is 6.81. The van der Waals surface area contributed by atoms with Crippen LogP contribution in [0, 0.1) is 6.92 Å². The molecule has 4 rings (SSSR count). The second-order valence-corrected chi connectivity index (χ2v) is 9.77. The van der Waals surface area contributed by atoms with E-state index in [0.29, 0.717) is 23.5 Å². The molecule has 0 saturated carbocycles. The molecule has 0 atom stereocenters. The molecule has 0 unspecified atom stereocenters. The first-order valence-corrected chi connectivity index (χ1v) is 12.3. The van der Waals surface area contributed by atoms with Crippen LogP contribution in [-0.2, 0) is 22.6 Å². The number of alkyl halides is 3. The molecule has 6 nitrogen and oxygen atoms in total. The summed E-state index contributed by atoms with van der Waals surface area (Å²) in [5.41, 5.74) is 2.12. The maximum Gasteiger partial charge on any atom is 0.417 e. The topological polar surface area (TPSA) is 77.5 Å². The summed E-state index contributed by atoms with van der Waals surface area (Å²) >= 11 is 0. The molecular weight excluding hydrogens is 493 g/mol. The van der Waals surface area contributed by atoms with Gasteiger partial charge in [0.05, 0.1) is 35.9 Å². The van der Waals surface area contributed by atoms with Gasteiger partial charge in [-0.15, -0.1) is 0 Å². The van der Waals surface area contributed by atoms with E-state index in [1.165, 1.54) is 6.07 Å². The van der Waals surface area contributed by atoms with E-state index in [1.54, 1.807) is 51.6 Å². The zero-order valence-corrected chi connectivity index (χ0v) is 20.5. The highest BCUT2D eigenvalue weighted by Gasteiger charge is 2.37. The minimum atomic E-state index is -4.80. The molecule has 0 aliphatic carbocycles. The lowest BCUT2D eigenvalue weighted by Gasteiger charge is -2.16. The number of nitrogens with one attached hydrogen (secondary N) is 1. The number of halogens is 3. The number of sulfonamides is 1. The van der Waals surface area contributed by atoms with Gasteiger partial charge in [0, 0.05) is 17.6 Å². The zero-order chi connectivity index (χ0) is 26.1. The maximum atomic E-state index is 13.3. The minimum Gasteiger partial charge on any atom is -0.493 e. The highest BCUT2D eigenvalue weighted by Crippen LogP contribution is 2.36. The first-order valence-electron chi connectivity index (χ1n) is 10.8. The quantitative estimate of drug-likeness (QED) is 0.328. The molecule has 0 fully saturated rings. The van der Waals surface area contributed by atoms with E-state index in [9.17, 15) is 21.6 Å². The molecule has 0 saturated heterocycles. The van der Waals surface area contributed by atoms with E-state index in [4.69, 9.17) is 9.47 Å². The van der Waals surface area contributed by atoms with Gasteiger partial charge in [-0.05, 0) is 60.4 Å². The summed E-state index contributed by atoms with van der Waals surface area (Å²) in [5.74, 6) is 1.13. The second-order valence-electron chi connectivity index (χ2n) is 8.12. The van der Waals surface area contributed by atoms with Crippen molar-refractivity contribution in [2.45, 2.75) is 24.4 Å². The molecule has 36 heavy (non-hydrogen) atoms. The third kappa shape index (κ3) is 5.08. The van der Waals surface area contributed by atoms with Gasteiger partial charge in [0.25, 0.3) is 10.0 Å². The molecule has 1 N–H and O–H groups in total. The lowest BCUT2D eigenvalue weighted by Crippen LogP contribution is -2.19. The number of nitrogens with zero attached hydrogens (tertiary/aromatic N) is 1. The number of benzene rings is 3. The van der Waals surface area contributed by atoms with Gasteiger partial charge < -0.3 is 9.47 Å². The number of fused-ring (bicyclic) bond motifs is 1. The molecular formula is C26H23F3N2O4S. The van der Waals surface area contributed by atoms with Crippen LogP contribution in [0.5, 0.6) is 11.5 Å². The van der Waals surface area contributed by atoms with E-state index in [1.807, 2.05) is 12.1 Å². The van der Waals surface area contributed by atoms with E-state index in [2.05, 4.69) is 9.71 Å². The summed E-state index contributed by atoms with van der Waals surface area (Å²) in [6, 6.07) is 14.7. The van der Waals surface area contributed by atoms with Crippen LogP contribution in [0.4, 0.5) is 18.9 Å². The number of ether oxygens (including phenoxy) is 2. The smallest absolute Gasteiger partial charge is 0.417 e. The van der Waals surface area contributed by atoms with Gasteiger partial charge in [-0.1, -0.05) is 24.3 Å². The monoisotopic (exact) mass is 516 g/mol. The Bertz CT molecular complexity index is 1540. The van der Waals surface area contributed by atoms with E-state index in [-0.39, 0.29) is 5.69 Å². The maximum absolute atomic E-state index is 13.3. The van der Waals surface area contributed by atoms with Gasteiger partial charge in [-0.2, -0.15) is 13.2 Å². The molecule has 3 aromatic carbocycles. The first kappa shape index (κ1) is 25.3. The number of pyridine rings is 1. The highest BCUT2D eigenvalue weighted by molar-refractivity contribution is 7.92. The number of aromatic nitrogens is 1. The fourth-order valence-electron chi connectivity index (χ4n) is 3.99. The van der Waals surface area contributed by atoms with Crippen molar-refractivity contribution in [1.82, 2.24) is 4.98 Å². The fraction of sp³-hybridized carbons (Fsp3) is 0.192. The molecule has 0 aliphatic heterocycles. The summed E-state index contributed by atoms with van der Waals surface area (Å²) < 4.78 is 78.7. The third-order valence-corrected chi connectivity index (χ3v) is 7.17. The van der Waals surface area contributed by atoms with Crippen LogP contribution in [0.15, 0.2) is 71.8 Å². The molecule has 0 spiro atoms. The van der Waals surface area contributed by atoms with Gasteiger partial charge in [-0.25, -0.2) is 8.42 Å². The molecule has 1 heterocycles. The summed E-state index contributed by atoms with van der Waals surface area (Å²) in [7, 11) is -1.37. The van der Waals surface area contributed by atoms with Crippen molar-refractivity contribution in [3.63, 3.8) is 0 Å². The molecule has 0 radical (unpaired) electrons. The Morgan fingerprint density at radius 1 is 0.944 bits per heavy atom. The van der Waals surface area contributed by atoms with Crippen LogP contribution in [0.3, 0.4) is 0 Å². The van der Waals surface area contributed by atoms with Crippen molar-refractivity contribution in [2.24, 2.45) is 0 Å². The molecule has 4 aromatic rings. The van der Waals surface area contributed by atoms with Gasteiger partial charge in [-0.3, -0.25) is 9.71 Å². The van der Waals surface area contributed by atoms with Crippen LogP contribution in [0.1, 0.15) is 22.3 Å². The summed E-state index contributed by atoms with van der Waals surface area (Å²) in [5, 5.41) is 0.876. The largest absolute Gasteiger partial charge is 0.493 e. The lowest BCUT2D eigenvalue weighted by molar-refractivity contribution is -0.139. The van der Waals surface area contributed by atoms with Crippen LogP contribution < -0.4 is 14.2 Å². The van der Waals surface area contributed by atoms with E-state index in [0.717, 1.165) is 40.2 Å². The van der Waals surface area contributed by atoms with Crippen molar-refractivity contribution < 1.29 is 31.1 Å². The van der Waals surface area contributed by atoms with Crippen molar-refractivity contribution in [1.29, 1.82) is 0 Å². The standard InChI is InChI=1S/C26H23F3N2O4S/c1-16-12-17(13-18-10-11-30-22-15-24(35-3)23(34-2)14-19(18)22)8-9-21(16)31-36(32,33)25-7-5-4-6-20(25)26(27,28)29/h4-12,14-15,31H,13H2,1-3H3. The van der Waals surface area contributed by atoms with Crippen LogP contribution in [0.2, 0.25) is 0 Å². The highest BCUT2D eigenvalue weighted by atomic mass is 32.2. The predicted molar refractivity (Wildman–Crippen MR) is 131 cm³/mol. The van der Waals surface area contributed by atoms with Crippen LogP contribution in [-0.4, -0.2) is 27.6 Å². The second kappa shape index (κ2) is 9.69. The normalized spacial score (nSPS) is 11.9. The van der Waals surface area contributed by atoms with E-state index < -0.39 is 26.7 Å². The van der Waals surface area contributed by atoms with Crippen LogP contribution in [0.25, 0.3) is 10.9 Å². The van der Waals surface area contributed by atoms with Crippen molar-refractivity contribution in [3.05, 3.63) is 89.1 Å². The first-order chi connectivity index (χ1) is 17.0. The number of hydrogen-bond donors (Lipinski definition) is 1. The van der Waals surface area contributed by atoms with Crippen molar-refractivity contribution in [2.75, 3.05) is 18.9 Å². The summed E-state index contributed by atoms with van der Waals surface area (Å²) in [4.78, 5) is 3.57. The molecule has 10 heteroatoms. The Hall–Kier alpha value is -3.79.